The van der Waals surface area contributed by atoms with E-state index in [4.69, 9.17) is 0 Å². The van der Waals surface area contributed by atoms with Crippen molar-refractivity contribution in [3.05, 3.63) is 63.7 Å². The number of nitro benzene ring substituents is 1. The van der Waals surface area contributed by atoms with E-state index in [2.05, 4.69) is 10.2 Å². The number of benzene rings is 2. The minimum Gasteiger partial charge on any atom is -0.868 e. The highest BCUT2D eigenvalue weighted by atomic mass is 16.6. The largest absolute Gasteiger partial charge is 0.868 e. The first kappa shape index (κ1) is 16.3. The van der Waals surface area contributed by atoms with Gasteiger partial charge in [-0.2, -0.15) is 5.10 Å². The van der Waals surface area contributed by atoms with Gasteiger partial charge in [-0.1, -0.05) is 30.3 Å². The van der Waals surface area contributed by atoms with Crippen molar-refractivity contribution in [1.82, 2.24) is 0 Å². The third kappa shape index (κ3) is 2.97. The van der Waals surface area contributed by atoms with Gasteiger partial charge in [-0.05, 0) is 18.7 Å². The van der Waals surface area contributed by atoms with Crippen LogP contribution in [-0.4, -0.2) is 29.3 Å². The second kappa shape index (κ2) is 6.52. The number of likely N-dealkylation sites (N-methyl/N-ethyl adjacent to an activating group) is 1. The number of rotatable bonds is 4. The smallest absolute Gasteiger partial charge is 0.279 e. The third-order valence-electron chi connectivity index (χ3n) is 3.76. The number of nitrogens with zero attached hydrogens (tertiary/aromatic N) is 4. The maximum absolute atomic E-state index is 12.4. The van der Waals surface area contributed by atoms with Gasteiger partial charge in [-0.3, -0.25) is 14.9 Å². The fourth-order valence-electron chi connectivity index (χ4n) is 2.58. The molecule has 2 aromatic carbocycles. The summed E-state index contributed by atoms with van der Waals surface area (Å²) in [5, 5.41) is 30.0. The van der Waals surface area contributed by atoms with Gasteiger partial charge in [0.1, 0.15) is 0 Å². The molecule has 2 aromatic rings. The highest BCUT2D eigenvalue weighted by Gasteiger charge is 2.32. The van der Waals surface area contributed by atoms with Gasteiger partial charge >= 0.3 is 0 Å². The predicted octanol–water partition coefficient (Wildman–Crippen LogP) is 1.86. The van der Waals surface area contributed by atoms with E-state index < -0.39 is 16.4 Å². The van der Waals surface area contributed by atoms with Crippen molar-refractivity contribution in [3.8, 4) is 5.75 Å². The number of amides is 1. The molecule has 8 heteroatoms. The number of carbonyl (C=O) groups is 1. The minimum atomic E-state index is -0.749. The Hall–Kier alpha value is -3.55. The molecule has 0 atom stereocenters. The molecule has 0 saturated carbocycles. The zero-order valence-electron chi connectivity index (χ0n) is 13.2. The first-order valence-corrected chi connectivity index (χ1v) is 7.50. The van der Waals surface area contributed by atoms with E-state index >= 15 is 0 Å². The van der Waals surface area contributed by atoms with Crippen LogP contribution in [0.5, 0.6) is 5.75 Å². The molecular weight excluding hydrogens is 324 g/mol. The molecule has 8 nitrogen and oxygen atoms in total. The molecule has 0 unspecified atom stereocenters. The van der Waals surface area contributed by atoms with Gasteiger partial charge in [0.2, 0.25) is 0 Å². The molecule has 126 valence electrons. The van der Waals surface area contributed by atoms with Crippen LogP contribution in [0, 0.1) is 10.1 Å². The molecule has 25 heavy (non-hydrogen) atoms. The summed E-state index contributed by atoms with van der Waals surface area (Å²) in [7, 11) is 0. The van der Waals surface area contributed by atoms with E-state index in [-0.39, 0.29) is 11.6 Å². The molecule has 0 aromatic heterocycles. The van der Waals surface area contributed by atoms with Crippen LogP contribution in [0.25, 0.3) is 0 Å². The summed E-state index contributed by atoms with van der Waals surface area (Å²) < 4.78 is 0. The molecule has 0 saturated heterocycles. The zero-order chi connectivity index (χ0) is 18.0. The summed E-state index contributed by atoms with van der Waals surface area (Å²) >= 11 is 0. The lowest BCUT2D eigenvalue weighted by molar-refractivity contribution is -0.398. The lowest BCUT2D eigenvalue weighted by atomic mass is 10.1. The van der Waals surface area contributed by atoms with Crippen molar-refractivity contribution < 1.29 is 14.8 Å². The fraction of sp³-hybridized carbons (Fsp3) is 0.118. The molecule has 1 aliphatic heterocycles. The second-order valence-electron chi connectivity index (χ2n) is 5.24. The van der Waals surface area contributed by atoms with Crippen LogP contribution >= 0.6 is 0 Å². The molecule has 0 spiro atoms. The van der Waals surface area contributed by atoms with E-state index in [9.17, 15) is 20.0 Å². The van der Waals surface area contributed by atoms with E-state index in [1.807, 2.05) is 19.1 Å². The molecule has 0 aliphatic carbocycles. The quantitative estimate of drug-likeness (QED) is 0.481. The Morgan fingerprint density at radius 3 is 2.72 bits per heavy atom. The maximum atomic E-state index is 12.4. The lowest BCUT2D eigenvalue weighted by Crippen LogP contribution is -2.29. The Balaban J connectivity index is 1.92. The van der Waals surface area contributed by atoms with Crippen LogP contribution in [0.15, 0.2) is 52.7 Å². The summed E-state index contributed by atoms with van der Waals surface area (Å²) in [6, 6.07) is 10.9. The van der Waals surface area contributed by atoms with Gasteiger partial charge in [0.05, 0.1) is 16.8 Å². The number of fused-ring (bicyclic) bond motifs is 1. The zero-order valence-corrected chi connectivity index (χ0v) is 13.2. The van der Waals surface area contributed by atoms with E-state index in [1.54, 1.807) is 17.0 Å². The van der Waals surface area contributed by atoms with Crippen molar-refractivity contribution in [2.75, 3.05) is 11.4 Å². The lowest BCUT2D eigenvalue weighted by Gasteiger charge is -2.12. The average Bonchev–Trinajstić information content (AvgIpc) is 2.87. The Kier molecular flexibility index (Phi) is 4.25. The van der Waals surface area contributed by atoms with E-state index in [0.29, 0.717) is 17.7 Å². The molecule has 0 radical (unpaired) electrons. The highest BCUT2D eigenvalue weighted by molar-refractivity contribution is 6.54. The van der Waals surface area contributed by atoms with Gasteiger partial charge in [-0.25, -0.2) is 0 Å². The molecular formula is C17H13N4O4-. The topological polar surface area (TPSA) is 111 Å². The molecule has 1 amide bonds. The van der Waals surface area contributed by atoms with Crippen LogP contribution in [-0.2, 0) is 4.79 Å². The molecule has 1 aliphatic rings. The van der Waals surface area contributed by atoms with Gasteiger partial charge in [-0.15, -0.1) is 5.10 Å². The number of carbonyl (C=O) groups excluding carboxylic acids is 1. The van der Waals surface area contributed by atoms with Crippen LogP contribution < -0.4 is 10.0 Å². The first-order chi connectivity index (χ1) is 12.0. The number of anilines is 1. The second-order valence-corrected chi connectivity index (χ2v) is 5.24. The number of hydrogen-bond acceptors (Lipinski definition) is 6. The Labute approximate surface area is 142 Å². The summed E-state index contributed by atoms with van der Waals surface area (Å²) in [5.74, 6) is -0.923. The normalized spacial score (nSPS) is 15.2. The number of nitro groups is 1. The average molecular weight is 337 g/mol. The van der Waals surface area contributed by atoms with Crippen molar-refractivity contribution in [1.29, 1.82) is 0 Å². The van der Waals surface area contributed by atoms with E-state index in [1.165, 1.54) is 12.3 Å². The Morgan fingerprint density at radius 1 is 1.24 bits per heavy atom. The fourth-order valence-corrected chi connectivity index (χ4v) is 2.58. The SMILES string of the molecule is CCN1C(=O)/C(=N/N=C\c2ccc([O-])c([N+](=O)[O-])c2)c2ccccc21. The van der Waals surface area contributed by atoms with Crippen LogP contribution in [0.4, 0.5) is 11.4 Å². The van der Waals surface area contributed by atoms with E-state index in [0.717, 1.165) is 17.8 Å². The molecule has 0 bridgehead atoms. The predicted molar refractivity (Wildman–Crippen MR) is 91.1 cm³/mol. The van der Waals surface area contributed by atoms with Crippen molar-refractivity contribution in [2.24, 2.45) is 10.2 Å². The van der Waals surface area contributed by atoms with Crippen LogP contribution in [0.1, 0.15) is 18.1 Å². The maximum Gasteiger partial charge on any atom is 0.279 e. The van der Waals surface area contributed by atoms with Gasteiger partial charge < -0.3 is 10.0 Å². The summed E-state index contributed by atoms with van der Waals surface area (Å²) in [6.45, 7) is 2.38. The third-order valence-corrected chi connectivity index (χ3v) is 3.76. The molecule has 3 rings (SSSR count). The first-order valence-electron chi connectivity index (χ1n) is 7.50. The van der Waals surface area contributed by atoms with Gasteiger partial charge in [0.25, 0.3) is 11.6 Å². The van der Waals surface area contributed by atoms with Crippen molar-refractivity contribution >= 4 is 29.2 Å². The molecule has 0 fully saturated rings. The van der Waals surface area contributed by atoms with Crippen molar-refractivity contribution in [3.63, 3.8) is 0 Å². The van der Waals surface area contributed by atoms with Crippen LogP contribution in [0.3, 0.4) is 0 Å². The van der Waals surface area contributed by atoms with Crippen molar-refractivity contribution in [2.45, 2.75) is 6.92 Å². The van der Waals surface area contributed by atoms with Gasteiger partial charge in [0.15, 0.2) is 5.71 Å². The number of para-hydroxylation sites is 1. The summed E-state index contributed by atoms with van der Waals surface area (Å²) in [5.41, 5.74) is 1.49. The Morgan fingerprint density at radius 2 is 2.00 bits per heavy atom. The summed E-state index contributed by atoms with van der Waals surface area (Å²) in [4.78, 5) is 24.1. The molecule has 1 heterocycles. The summed E-state index contributed by atoms with van der Waals surface area (Å²) in [6.07, 6.45) is 1.27. The monoisotopic (exact) mass is 337 g/mol. The van der Waals surface area contributed by atoms with Gasteiger partial charge in [0, 0.05) is 23.7 Å². The number of hydrogen-bond donors (Lipinski definition) is 0. The molecule has 0 N–H and O–H groups in total. The standard InChI is InChI=1S/C17H14N4O4/c1-2-20-13-6-4-3-5-12(13)16(17(20)23)19-18-10-11-7-8-15(22)14(9-11)21(24)25/h3-10,22H,2H2,1H3/p-1/b18-10-,19-16+. The minimum absolute atomic E-state index is 0.212. The Bertz CT molecular complexity index is 921. The van der Waals surface area contributed by atoms with Crippen LogP contribution in [0.2, 0.25) is 0 Å². The highest BCUT2D eigenvalue weighted by Crippen LogP contribution is 2.29.